The third kappa shape index (κ3) is 3.79. The number of hydrogen-bond acceptors (Lipinski definition) is 5. The van der Waals surface area contributed by atoms with E-state index in [2.05, 4.69) is 20.2 Å². The molecule has 20 heavy (non-hydrogen) atoms. The van der Waals surface area contributed by atoms with Crippen molar-refractivity contribution in [3.8, 4) is 0 Å². The average Bonchev–Trinajstić information content (AvgIpc) is 2.87. The van der Waals surface area contributed by atoms with Gasteiger partial charge in [0.15, 0.2) is 0 Å². The number of hydrogen-bond donors (Lipinski definition) is 2. The number of amides is 2. The van der Waals surface area contributed by atoms with Crippen LogP contribution in [0.25, 0.3) is 0 Å². The van der Waals surface area contributed by atoms with Crippen LogP contribution in [0.1, 0.15) is 10.4 Å². The molecule has 0 saturated carbocycles. The lowest BCUT2D eigenvalue weighted by Crippen LogP contribution is -2.32. The smallest absolute Gasteiger partial charge is 0.251 e. The second-order valence-electron chi connectivity index (χ2n) is 3.67. The molecule has 0 saturated heterocycles. The number of rotatable bonds is 4. The average molecular weight is 298 g/mol. The number of benzene rings is 1. The molecule has 2 amide bonds. The van der Waals surface area contributed by atoms with E-state index in [-0.39, 0.29) is 12.1 Å². The predicted molar refractivity (Wildman–Crippen MR) is 67.2 cm³/mol. The van der Waals surface area contributed by atoms with Crippen molar-refractivity contribution in [3.63, 3.8) is 0 Å². The van der Waals surface area contributed by atoms with E-state index >= 15 is 0 Å². The van der Waals surface area contributed by atoms with Crippen molar-refractivity contribution < 1.29 is 18.4 Å². The van der Waals surface area contributed by atoms with Gasteiger partial charge in [-0.3, -0.25) is 9.59 Å². The maximum atomic E-state index is 12.9. The SMILES string of the molecule is O=C(CNC(=O)c1cc(F)cc(F)c1)Nc1cnns1. The van der Waals surface area contributed by atoms with E-state index in [0.717, 1.165) is 23.7 Å². The first kappa shape index (κ1) is 14.0. The summed E-state index contributed by atoms with van der Waals surface area (Å²) in [6, 6.07) is 2.41. The summed E-state index contributed by atoms with van der Waals surface area (Å²) in [5.41, 5.74) is -0.199. The molecule has 0 aliphatic rings. The molecule has 2 rings (SSSR count). The number of aromatic nitrogens is 2. The Balaban J connectivity index is 1.90. The largest absolute Gasteiger partial charge is 0.343 e. The highest BCUT2D eigenvalue weighted by atomic mass is 32.1. The van der Waals surface area contributed by atoms with Crippen LogP contribution in [-0.2, 0) is 4.79 Å². The number of halogens is 2. The Morgan fingerprint density at radius 3 is 2.50 bits per heavy atom. The van der Waals surface area contributed by atoms with E-state index in [1.54, 1.807) is 0 Å². The Bertz CT molecular complexity index is 613. The molecule has 2 aromatic rings. The molecule has 0 spiro atoms. The lowest BCUT2D eigenvalue weighted by atomic mass is 10.2. The van der Waals surface area contributed by atoms with Gasteiger partial charge in [-0.1, -0.05) is 4.49 Å². The van der Waals surface area contributed by atoms with E-state index in [1.807, 2.05) is 0 Å². The Hall–Kier alpha value is -2.42. The molecule has 0 aliphatic heterocycles. The summed E-state index contributed by atoms with van der Waals surface area (Å²) in [7, 11) is 0. The van der Waals surface area contributed by atoms with Gasteiger partial charge in [-0.25, -0.2) is 8.78 Å². The van der Waals surface area contributed by atoms with Crippen LogP contribution in [0.2, 0.25) is 0 Å². The first-order valence-corrected chi connectivity index (χ1v) is 6.13. The summed E-state index contributed by atoms with van der Waals surface area (Å²) in [5.74, 6) is -2.98. The van der Waals surface area contributed by atoms with Crippen LogP contribution in [0.5, 0.6) is 0 Å². The van der Waals surface area contributed by atoms with E-state index in [1.165, 1.54) is 6.20 Å². The standard InChI is InChI=1S/C11H8F2N4O2S/c12-7-1-6(2-8(13)3-7)11(19)14-4-9(18)16-10-5-15-17-20-10/h1-3,5H,4H2,(H,14,19)(H,16,18). The van der Waals surface area contributed by atoms with Gasteiger partial charge in [-0.05, 0) is 12.1 Å². The summed E-state index contributed by atoms with van der Waals surface area (Å²) in [4.78, 5) is 23.1. The first-order valence-electron chi connectivity index (χ1n) is 5.36. The highest BCUT2D eigenvalue weighted by Gasteiger charge is 2.11. The van der Waals surface area contributed by atoms with Crippen molar-refractivity contribution in [1.29, 1.82) is 0 Å². The summed E-state index contributed by atoms with van der Waals surface area (Å²) in [5, 5.41) is 8.64. The van der Waals surface area contributed by atoms with Crippen molar-refractivity contribution in [2.45, 2.75) is 0 Å². The maximum absolute atomic E-state index is 12.9. The van der Waals surface area contributed by atoms with Gasteiger partial charge in [0.1, 0.15) is 16.6 Å². The molecule has 1 aromatic heterocycles. The van der Waals surface area contributed by atoms with Crippen LogP contribution in [0.3, 0.4) is 0 Å². The molecule has 0 unspecified atom stereocenters. The van der Waals surface area contributed by atoms with Gasteiger partial charge in [-0.15, -0.1) is 5.10 Å². The third-order valence-electron chi connectivity index (χ3n) is 2.16. The van der Waals surface area contributed by atoms with Crippen LogP contribution >= 0.6 is 11.5 Å². The molecule has 0 bridgehead atoms. The van der Waals surface area contributed by atoms with Crippen molar-refractivity contribution in [2.24, 2.45) is 0 Å². The second kappa shape index (κ2) is 6.15. The van der Waals surface area contributed by atoms with Gasteiger partial charge in [0, 0.05) is 23.2 Å². The van der Waals surface area contributed by atoms with E-state index < -0.39 is 23.4 Å². The van der Waals surface area contributed by atoms with Crippen LogP contribution in [0.4, 0.5) is 13.8 Å². The fourth-order valence-electron chi connectivity index (χ4n) is 1.35. The number of carbonyl (C=O) groups excluding carboxylic acids is 2. The fourth-order valence-corrected chi connectivity index (χ4v) is 1.79. The molecule has 104 valence electrons. The molecule has 1 heterocycles. The maximum Gasteiger partial charge on any atom is 0.251 e. The lowest BCUT2D eigenvalue weighted by Gasteiger charge is -2.05. The highest BCUT2D eigenvalue weighted by Crippen LogP contribution is 2.09. The quantitative estimate of drug-likeness (QED) is 0.888. The van der Waals surface area contributed by atoms with E-state index in [0.29, 0.717) is 11.1 Å². The monoisotopic (exact) mass is 298 g/mol. The molecule has 0 radical (unpaired) electrons. The number of carbonyl (C=O) groups is 2. The highest BCUT2D eigenvalue weighted by molar-refractivity contribution is 7.10. The van der Waals surface area contributed by atoms with Gasteiger partial charge < -0.3 is 10.6 Å². The van der Waals surface area contributed by atoms with Crippen LogP contribution < -0.4 is 10.6 Å². The zero-order valence-corrected chi connectivity index (χ0v) is 10.7. The summed E-state index contributed by atoms with van der Waals surface area (Å²) >= 11 is 0.981. The third-order valence-corrected chi connectivity index (χ3v) is 2.74. The molecular formula is C11H8F2N4O2S. The molecular weight excluding hydrogens is 290 g/mol. The molecule has 0 atom stereocenters. The minimum Gasteiger partial charge on any atom is -0.343 e. The fraction of sp³-hybridized carbons (Fsp3) is 0.0909. The molecule has 0 aliphatic carbocycles. The van der Waals surface area contributed by atoms with Crippen LogP contribution in [0.15, 0.2) is 24.4 Å². The minimum absolute atomic E-state index is 0.199. The van der Waals surface area contributed by atoms with Gasteiger partial charge >= 0.3 is 0 Å². The number of nitrogens with zero attached hydrogens (tertiary/aromatic N) is 2. The Morgan fingerprint density at radius 1 is 1.20 bits per heavy atom. The van der Waals surface area contributed by atoms with Crippen molar-refractivity contribution in [1.82, 2.24) is 14.9 Å². The second-order valence-corrected chi connectivity index (χ2v) is 4.46. The molecule has 2 N–H and O–H groups in total. The summed E-state index contributed by atoms with van der Waals surface area (Å²) in [6.07, 6.45) is 1.35. The Kier molecular flexibility index (Phi) is 4.31. The molecule has 1 aromatic carbocycles. The molecule has 6 nitrogen and oxygen atoms in total. The number of nitrogens with one attached hydrogen (secondary N) is 2. The van der Waals surface area contributed by atoms with Crippen molar-refractivity contribution >= 4 is 28.3 Å². The van der Waals surface area contributed by atoms with E-state index in [9.17, 15) is 18.4 Å². The van der Waals surface area contributed by atoms with Crippen LogP contribution in [-0.4, -0.2) is 27.9 Å². The molecule has 9 heteroatoms. The van der Waals surface area contributed by atoms with Gasteiger partial charge in [0.25, 0.3) is 5.91 Å². The van der Waals surface area contributed by atoms with Gasteiger partial charge in [0.05, 0.1) is 12.7 Å². The van der Waals surface area contributed by atoms with Crippen LogP contribution in [0, 0.1) is 11.6 Å². The molecule has 0 fully saturated rings. The predicted octanol–water partition coefficient (Wildman–Crippen LogP) is 1.18. The number of anilines is 1. The van der Waals surface area contributed by atoms with Gasteiger partial charge in [0.2, 0.25) is 5.91 Å². The van der Waals surface area contributed by atoms with Gasteiger partial charge in [-0.2, -0.15) is 0 Å². The summed E-state index contributed by atoms with van der Waals surface area (Å²) < 4.78 is 29.4. The lowest BCUT2D eigenvalue weighted by molar-refractivity contribution is -0.115. The Labute approximate surface area is 116 Å². The first-order chi connectivity index (χ1) is 9.54. The normalized spacial score (nSPS) is 10.1. The minimum atomic E-state index is -0.865. The zero-order valence-electron chi connectivity index (χ0n) is 9.89. The summed E-state index contributed by atoms with van der Waals surface area (Å²) in [6.45, 7) is -0.338. The van der Waals surface area contributed by atoms with Crippen molar-refractivity contribution in [2.75, 3.05) is 11.9 Å². The van der Waals surface area contributed by atoms with Crippen molar-refractivity contribution in [3.05, 3.63) is 41.6 Å². The van der Waals surface area contributed by atoms with E-state index in [4.69, 9.17) is 0 Å². The zero-order chi connectivity index (χ0) is 14.5. The Morgan fingerprint density at radius 2 is 1.90 bits per heavy atom. The topological polar surface area (TPSA) is 84.0 Å².